The van der Waals surface area contributed by atoms with Crippen molar-refractivity contribution in [2.75, 3.05) is 13.2 Å². The molecule has 1 amide bonds. The van der Waals surface area contributed by atoms with E-state index in [-0.39, 0.29) is 12.5 Å². The molecule has 3 nitrogen and oxygen atoms in total. The number of amides is 1. The van der Waals surface area contributed by atoms with Crippen molar-refractivity contribution in [1.29, 1.82) is 0 Å². The second kappa shape index (κ2) is 5.12. The summed E-state index contributed by atoms with van der Waals surface area (Å²) in [6, 6.07) is 7.93. The van der Waals surface area contributed by atoms with E-state index >= 15 is 0 Å². The van der Waals surface area contributed by atoms with Gasteiger partial charge in [0.1, 0.15) is 0 Å². The van der Waals surface area contributed by atoms with Gasteiger partial charge in [0.25, 0.3) is 0 Å². The zero-order chi connectivity index (χ0) is 12.2. The van der Waals surface area contributed by atoms with Gasteiger partial charge < -0.3 is 10.4 Å². The molecule has 0 saturated heterocycles. The van der Waals surface area contributed by atoms with Crippen LogP contribution in [0.15, 0.2) is 24.3 Å². The third-order valence-electron chi connectivity index (χ3n) is 2.74. The molecule has 16 heavy (non-hydrogen) atoms. The lowest BCUT2D eigenvalue weighted by molar-refractivity contribution is -0.125. The molecule has 0 spiro atoms. The molecule has 0 saturated carbocycles. The third-order valence-corrected chi connectivity index (χ3v) is 2.74. The van der Waals surface area contributed by atoms with Crippen LogP contribution in [0.5, 0.6) is 0 Å². The van der Waals surface area contributed by atoms with Crippen molar-refractivity contribution in [2.45, 2.75) is 26.2 Å². The summed E-state index contributed by atoms with van der Waals surface area (Å²) >= 11 is 0. The predicted molar refractivity (Wildman–Crippen MR) is 64.3 cm³/mol. The summed E-state index contributed by atoms with van der Waals surface area (Å²) in [6.07, 6.45) is 0. The molecule has 0 aliphatic heterocycles. The topological polar surface area (TPSA) is 49.3 Å². The lowest BCUT2D eigenvalue weighted by atomic mass is 9.83. The Morgan fingerprint density at radius 1 is 1.31 bits per heavy atom. The molecule has 88 valence electrons. The van der Waals surface area contributed by atoms with E-state index in [1.165, 1.54) is 5.56 Å². The highest BCUT2D eigenvalue weighted by molar-refractivity contribution is 5.87. The fourth-order valence-electron chi connectivity index (χ4n) is 1.49. The molecule has 0 heterocycles. The molecule has 1 aromatic carbocycles. The van der Waals surface area contributed by atoms with Crippen molar-refractivity contribution in [1.82, 2.24) is 5.32 Å². The Labute approximate surface area is 96.5 Å². The summed E-state index contributed by atoms with van der Waals surface area (Å²) < 4.78 is 0. The number of benzene rings is 1. The molecular formula is C13H19NO2. The Bertz CT molecular complexity index is 355. The van der Waals surface area contributed by atoms with E-state index in [2.05, 4.69) is 5.32 Å². The fourth-order valence-corrected chi connectivity index (χ4v) is 1.49. The summed E-state index contributed by atoms with van der Waals surface area (Å²) in [5.41, 5.74) is 1.59. The van der Waals surface area contributed by atoms with E-state index in [1.807, 2.05) is 45.0 Å². The normalized spacial score (nSPS) is 11.2. The SMILES string of the molecule is Cc1ccc(C(C)(C)C(=O)NCCO)cc1. The number of nitrogens with one attached hydrogen (secondary N) is 1. The molecule has 2 N–H and O–H groups in total. The van der Waals surface area contributed by atoms with Gasteiger partial charge in [-0.15, -0.1) is 0 Å². The first-order chi connectivity index (χ1) is 7.48. The van der Waals surface area contributed by atoms with Crippen LogP contribution in [0.2, 0.25) is 0 Å². The number of aliphatic hydroxyl groups is 1. The minimum atomic E-state index is -0.567. The zero-order valence-electron chi connectivity index (χ0n) is 10.1. The average molecular weight is 221 g/mol. The number of carbonyl (C=O) groups is 1. The van der Waals surface area contributed by atoms with Crippen molar-refractivity contribution >= 4 is 5.91 Å². The summed E-state index contributed by atoms with van der Waals surface area (Å²) in [4.78, 5) is 11.9. The number of aryl methyl sites for hydroxylation is 1. The molecule has 0 aliphatic carbocycles. The van der Waals surface area contributed by atoms with Crippen LogP contribution in [0.25, 0.3) is 0 Å². The van der Waals surface area contributed by atoms with Crippen molar-refractivity contribution in [2.24, 2.45) is 0 Å². The van der Waals surface area contributed by atoms with Gasteiger partial charge in [-0.05, 0) is 26.3 Å². The maximum atomic E-state index is 11.9. The van der Waals surface area contributed by atoms with Crippen molar-refractivity contribution in [3.05, 3.63) is 35.4 Å². The third kappa shape index (κ3) is 2.83. The highest BCUT2D eigenvalue weighted by Crippen LogP contribution is 2.23. The molecular weight excluding hydrogens is 202 g/mol. The molecule has 0 aliphatic rings. The monoisotopic (exact) mass is 221 g/mol. The number of hydrogen-bond donors (Lipinski definition) is 2. The van der Waals surface area contributed by atoms with Crippen molar-refractivity contribution < 1.29 is 9.90 Å². The van der Waals surface area contributed by atoms with Crippen molar-refractivity contribution in [3.8, 4) is 0 Å². The highest BCUT2D eigenvalue weighted by Gasteiger charge is 2.29. The minimum Gasteiger partial charge on any atom is -0.395 e. The van der Waals surface area contributed by atoms with Crippen LogP contribution < -0.4 is 5.32 Å². The molecule has 0 radical (unpaired) electrons. The molecule has 0 aromatic heterocycles. The number of hydrogen-bond acceptors (Lipinski definition) is 2. The second-order valence-electron chi connectivity index (χ2n) is 4.47. The van der Waals surface area contributed by atoms with Crippen LogP contribution >= 0.6 is 0 Å². The Balaban J connectivity index is 2.83. The van der Waals surface area contributed by atoms with Gasteiger partial charge >= 0.3 is 0 Å². The van der Waals surface area contributed by atoms with E-state index in [1.54, 1.807) is 0 Å². The second-order valence-corrected chi connectivity index (χ2v) is 4.47. The summed E-state index contributed by atoms with van der Waals surface area (Å²) in [6.45, 7) is 6.04. The van der Waals surface area contributed by atoms with Gasteiger partial charge in [-0.2, -0.15) is 0 Å². The Morgan fingerprint density at radius 3 is 2.38 bits per heavy atom. The van der Waals surface area contributed by atoms with Gasteiger partial charge in [0.05, 0.1) is 12.0 Å². The summed E-state index contributed by atoms with van der Waals surface area (Å²) in [7, 11) is 0. The molecule has 0 bridgehead atoms. The standard InChI is InChI=1S/C13H19NO2/c1-10-4-6-11(7-5-10)13(2,3)12(16)14-8-9-15/h4-7,15H,8-9H2,1-3H3,(H,14,16). The predicted octanol–water partition coefficient (Wildman–Crippen LogP) is 1.38. The summed E-state index contributed by atoms with van der Waals surface area (Å²) in [5, 5.41) is 11.4. The first kappa shape index (κ1) is 12.7. The molecule has 0 fully saturated rings. The van der Waals surface area contributed by atoms with Crippen LogP contribution in [-0.2, 0) is 10.2 Å². The van der Waals surface area contributed by atoms with Gasteiger partial charge in [-0.3, -0.25) is 4.79 Å². The van der Waals surface area contributed by atoms with Crippen LogP contribution in [0, 0.1) is 6.92 Å². The van der Waals surface area contributed by atoms with Crippen LogP contribution in [0.1, 0.15) is 25.0 Å². The maximum Gasteiger partial charge on any atom is 0.230 e. The van der Waals surface area contributed by atoms with Crippen molar-refractivity contribution in [3.63, 3.8) is 0 Å². The lowest BCUT2D eigenvalue weighted by Gasteiger charge is -2.24. The molecule has 0 atom stereocenters. The number of rotatable bonds is 4. The van der Waals surface area contributed by atoms with E-state index < -0.39 is 5.41 Å². The van der Waals surface area contributed by atoms with Crippen LogP contribution in [0.3, 0.4) is 0 Å². The van der Waals surface area contributed by atoms with Crippen LogP contribution in [-0.4, -0.2) is 24.2 Å². The van der Waals surface area contributed by atoms with Crippen LogP contribution in [0.4, 0.5) is 0 Å². The van der Waals surface area contributed by atoms with E-state index in [9.17, 15) is 4.79 Å². The Hall–Kier alpha value is -1.35. The molecule has 1 aromatic rings. The van der Waals surface area contributed by atoms with Gasteiger partial charge in [0.2, 0.25) is 5.91 Å². The zero-order valence-corrected chi connectivity index (χ0v) is 10.1. The van der Waals surface area contributed by atoms with Gasteiger partial charge in [-0.1, -0.05) is 29.8 Å². The molecule has 1 rings (SSSR count). The van der Waals surface area contributed by atoms with E-state index in [4.69, 9.17) is 5.11 Å². The fraction of sp³-hybridized carbons (Fsp3) is 0.462. The number of carbonyl (C=O) groups excluding carboxylic acids is 1. The quantitative estimate of drug-likeness (QED) is 0.807. The Kier molecular flexibility index (Phi) is 4.07. The van der Waals surface area contributed by atoms with Gasteiger partial charge in [0.15, 0.2) is 0 Å². The molecule has 0 unspecified atom stereocenters. The average Bonchev–Trinajstić information content (AvgIpc) is 2.26. The maximum absolute atomic E-state index is 11.9. The Morgan fingerprint density at radius 2 is 1.88 bits per heavy atom. The first-order valence-corrected chi connectivity index (χ1v) is 5.45. The highest BCUT2D eigenvalue weighted by atomic mass is 16.3. The van der Waals surface area contributed by atoms with E-state index in [0.29, 0.717) is 6.54 Å². The molecule has 3 heteroatoms. The largest absolute Gasteiger partial charge is 0.395 e. The number of aliphatic hydroxyl groups excluding tert-OH is 1. The van der Waals surface area contributed by atoms with Gasteiger partial charge in [0, 0.05) is 6.54 Å². The smallest absolute Gasteiger partial charge is 0.230 e. The van der Waals surface area contributed by atoms with Gasteiger partial charge in [-0.25, -0.2) is 0 Å². The summed E-state index contributed by atoms with van der Waals surface area (Å²) in [5.74, 6) is -0.0644. The first-order valence-electron chi connectivity index (χ1n) is 5.45. The minimum absolute atomic E-state index is 0.0320. The van der Waals surface area contributed by atoms with E-state index in [0.717, 1.165) is 5.56 Å². The lowest BCUT2D eigenvalue weighted by Crippen LogP contribution is -2.41.